The summed E-state index contributed by atoms with van der Waals surface area (Å²) in [4.78, 5) is 28.1. The van der Waals surface area contributed by atoms with Gasteiger partial charge in [0.25, 0.3) is 0 Å². The van der Waals surface area contributed by atoms with Crippen LogP contribution in [0.5, 0.6) is 34.5 Å². The van der Waals surface area contributed by atoms with Crippen molar-refractivity contribution in [1.82, 2.24) is 0 Å². The molecule has 1 heterocycles. The van der Waals surface area contributed by atoms with Crippen molar-refractivity contribution >= 4 is 16.8 Å². The molecule has 51 heavy (non-hydrogen) atoms. The van der Waals surface area contributed by atoms with Crippen LogP contribution in [0.25, 0.3) is 22.3 Å². The van der Waals surface area contributed by atoms with Gasteiger partial charge >= 0.3 is 0 Å². The van der Waals surface area contributed by atoms with Crippen molar-refractivity contribution in [1.29, 1.82) is 0 Å². The number of aromatic hydroxyl groups is 6. The van der Waals surface area contributed by atoms with E-state index >= 15 is 0 Å². The fraction of sp³-hybridized carbons (Fsp3) is 0.250. The second-order valence-electron chi connectivity index (χ2n) is 13.5. The second-order valence-corrected chi connectivity index (χ2v) is 13.5. The molecule has 8 N–H and O–H groups in total. The first-order chi connectivity index (χ1) is 24.2. The molecule has 0 amide bonds. The molecule has 2 aliphatic rings. The van der Waals surface area contributed by atoms with Crippen molar-refractivity contribution in [2.24, 2.45) is 11.8 Å². The molecule has 3 aromatic carbocycles. The lowest BCUT2D eigenvalue weighted by Gasteiger charge is -2.39. The molecule has 2 unspecified atom stereocenters. The van der Waals surface area contributed by atoms with Crippen molar-refractivity contribution in [2.75, 3.05) is 0 Å². The quantitative estimate of drug-likeness (QED) is 0.0942. The van der Waals surface area contributed by atoms with Crippen LogP contribution in [0.15, 0.2) is 105 Å². The van der Waals surface area contributed by atoms with Gasteiger partial charge in [-0.1, -0.05) is 29.4 Å². The van der Waals surface area contributed by atoms with Crippen molar-refractivity contribution in [3.8, 4) is 45.8 Å². The number of hydrogen-bond donors (Lipinski definition) is 8. The Kier molecular flexibility index (Phi) is 9.18. The Labute approximate surface area is 292 Å². The van der Waals surface area contributed by atoms with E-state index in [1.54, 1.807) is 13.0 Å². The van der Waals surface area contributed by atoms with Crippen molar-refractivity contribution in [3.63, 3.8) is 0 Å². The summed E-state index contributed by atoms with van der Waals surface area (Å²) >= 11 is 0. The maximum absolute atomic E-state index is 14.9. The molecule has 2 aliphatic carbocycles. The van der Waals surface area contributed by atoms with E-state index in [9.17, 15) is 50.4 Å². The van der Waals surface area contributed by atoms with E-state index in [2.05, 4.69) is 0 Å². The highest BCUT2D eigenvalue weighted by Gasteiger charge is 2.45. The Hall–Kier alpha value is -5.94. The average Bonchev–Trinajstić information content (AvgIpc) is 3.04. The van der Waals surface area contributed by atoms with Crippen LogP contribution in [0.2, 0.25) is 0 Å². The SMILES string of the molecule is CC(C)=CCC1C(O)=CC=C(C(=O)[C@@H]2[C@@H](c3ccc(O)cc3O)CC(C)=C[C@H]2c2c(O)cc3c(=O)cc(-c4ccc(O)cc4O)oc3c2O)C1O. The lowest BCUT2D eigenvalue weighted by molar-refractivity contribution is -0.121. The largest absolute Gasteiger partial charge is 0.512 e. The molecule has 0 radical (unpaired) electrons. The van der Waals surface area contributed by atoms with E-state index in [0.717, 1.165) is 35.4 Å². The van der Waals surface area contributed by atoms with Gasteiger partial charge in [-0.3, -0.25) is 9.59 Å². The van der Waals surface area contributed by atoms with Gasteiger partial charge in [0.1, 0.15) is 34.5 Å². The van der Waals surface area contributed by atoms with Crippen LogP contribution in [0.3, 0.4) is 0 Å². The topological polar surface area (TPSA) is 209 Å². The van der Waals surface area contributed by atoms with Crippen molar-refractivity contribution in [3.05, 3.63) is 117 Å². The Morgan fingerprint density at radius 1 is 0.882 bits per heavy atom. The van der Waals surface area contributed by atoms with Gasteiger partial charge in [0.15, 0.2) is 22.5 Å². The van der Waals surface area contributed by atoms with Crippen molar-refractivity contribution < 1.29 is 50.1 Å². The Bertz CT molecular complexity index is 2250. The second kappa shape index (κ2) is 13.4. The van der Waals surface area contributed by atoms with Gasteiger partial charge in [-0.25, -0.2) is 0 Å². The molecule has 0 fully saturated rings. The van der Waals surface area contributed by atoms with Gasteiger partial charge in [0, 0.05) is 53.0 Å². The molecule has 0 saturated carbocycles. The van der Waals surface area contributed by atoms with Crippen LogP contribution >= 0.6 is 0 Å². The molecule has 0 spiro atoms. The standard InChI is InChI=1S/C40H38O11/c1-18(2)4-7-24-29(43)11-10-25(37(24)48)38(49)35-26(22-8-5-20(41)14-30(22)44)12-19(3)13-28(35)36-33(47)16-27-32(46)17-34(51-40(27)39(36)50)23-9-6-21(42)15-31(23)45/h4-6,8-11,13-17,24,26,28,35,37,41-45,47-48,50H,7,12H2,1-3H3/t24?,26-,28-,35-,37?/m1/s1. The summed E-state index contributed by atoms with van der Waals surface area (Å²) in [6.45, 7) is 5.52. The minimum absolute atomic E-state index is 0.0254. The first-order valence-electron chi connectivity index (χ1n) is 16.4. The van der Waals surface area contributed by atoms with Gasteiger partial charge in [0.05, 0.1) is 22.8 Å². The zero-order valence-electron chi connectivity index (χ0n) is 28.0. The van der Waals surface area contributed by atoms with E-state index in [0.29, 0.717) is 5.56 Å². The van der Waals surface area contributed by atoms with Crippen LogP contribution < -0.4 is 5.43 Å². The molecule has 1 aromatic heterocycles. The average molecular weight is 695 g/mol. The zero-order chi connectivity index (χ0) is 36.9. The number of aliphatic hydroxyl groups is 2. The van der Waals surface area contributed by atoms with E-state index in [-0.39, 0.29) is 69.3 Å². The molecule has 0 aliphatic heterocycles. The summed E-state index contributed by atoms with van der Waals surface area (Å²) < 4.78 is 5.97. The number of phenolic OH excluding ortho intramolecular Hbond substituents is 6. The fourth-order valence-electron chi connectivity index (χ4n) is 7.23. The van der Waals surface area contributed by atoms with Crippen LogP contribution in [-0.4, -0.2) is 52.7 Å². The highest BCUT2D eigenvalue weighted by molar-refractivity contribution is 6.01. The fourth-order valence-corrected chi connectivity index (χ4v) is 7.23. The van der Waals surface area contributed by atoms with Crippen LogP contribution in [-0.2, 0) is 4.79 Å². The predicted octanol–water partition coefficient (Wildman–Crippen LogP) is 6.81. The predicted molar refractivity (Wildman–Crippen MR) is 189 cm³/mol. The Balaban J connectivity index is 1.56. The highest BCUT2D eigenvalue weighted by Crippen LogP contribution is 2.54. The minimum atomic E-state index is -1.42. The number of fused-ring (bicyclic) bond motifs is 1. The lowest BCUT2D eigenvalue weighted by Crippen LogP contribution is -2.38. The van der Waals surface area contributed by atoms with Gasteiger partial charge < -0.3 is 45.3 Å². The number of phenols is 6. The zero-order valence-corrected chi connectivity index (χ0v) is 28.0. The molecule has 6 rings (SSSR count). The number of carbonyl (C=O) groups is 1. The molecule has 0 bridgehead atoms. The molecule has 0 saturated heterocycles. The lowest BCUT2D eigenvalue weighted by atomic mass is 9.64. The number of carbonyl (C=O) groups excluding carboxylic acids is 1. The summed E-state index contributed by atoms with van der Waals surface area (Å²) in [5, 5.41) is 86.7. The molecule has 4 aromatic rings. The number of aliphatic hydroxyl groups excluding tert-OH is 2. The molecular weight excluding hydrogens is 656 g/mol. The maximum atomic E-state index is 14.9. The third-order valence-corrected chi connectivity index (χ3v) is 9.71. The summed E-state index contributed by atoms with van der Waals surface area (Å²) in [6, 6.07) is 9.83. The number of Topliss-reactive ketones (excluding diaryl/α,β-unsaturated/α-hetero) is 1. The Morgan fingerprint density at radius 3 is 2.24 bits per heavy atom. The summed E-state index contributed by atoms with van der Waals surface area (Å²) in [5.41, 5.74) is 0.832. The van der Waals surface area contributed by atoms with Crippen LogP contribution in [0.4, 0.5) is 0 Å². The van der Waals surface area contributed by atoms with Gasteiger partial charge in [-0.15, -0.1) is 0 Å². The van der Waals surface area contributed by atoms with E-state index in [1.807, 2.05) is 19.9 Å². The van der Waals surface area contributed by atoms with Gasteiger partial charge in [-0.2, -0.15) is 0 Å². The minimum Gasteiger partial charge on any atom is -0.512 e. The highest BCUT2D eigenvalue weighted by atomic mass is 16.4. The normalized spacial score (nSPS) is 21.8. The summed E-state index contributed by atoms with van der Waals surface area (Å²) in [6.07, 6.45) is 5.29. The Morgan fingerprint density at radius 2 is 1.57 bits per heavy atom. The molecule has 11 nitrogen and oxygen atoms in total. The van der Waals surface area contributed by atoms with Crippen LogP contribution in [0, 0.1) is 11.8 Å². The number of benzene rings is 3. The third kappa shape index (κ3) is 6.43. The van der Waals surface area contributed by atoms with E-state index in [1.165, 1.54) is 36.4 Å². The first kappa shape index (κ1) is 34.9. The molecular formula is C40H38O11. The number of allylic oxidation sites excluding steroid dienone is 6. The van der Waals surface area contributed by atoms with E-state index in [4.69, 9.17) is 4.42 Å². The van der Waals surface area contributed by atoms with Crippen LogP contribution in [0.1, 0.15) is 56.6 Å². The first-order valence-corrected chi connectivity index (χ1v) is 16.4. The number of hydrogen-bond acceptors (Lipinski definition) is 11. The number of ketones is 1. The monoisotopic (exact) mass is 694 g/mol. The van der Waals surface area contributed by atoms with E-state index < -0.39 is 58.2 Å². The van der Waals surface area contributed by atoms with Crippen molar-refractivity contribution in [2.45, 2.75) is 51.6 Å². The maximum Gasteiger partial charge on any atom is 0.193 e. The van der Waals surface area contributed by atoms with Gasteiger partial charge in [-0.05, 0) is 75.6 Å². The molecule has 11 heteroatoms. The third-order valence-electron chi connectivity index (χ3n) is 9.71. The number of rotatable bonds is 7. The summed E-state index contributed by atoms with van der Waals surface area (Å²) in [7, 11) is 0. The molecule has 264 valence electrons. The summed E-state index contributed by atoms with van der Waals surface area (Å²) in [5.74, 6) is -7.06. The molecule has 5 atom stereocenters. The smallest absolute Gasteiger partial charge is 0.193 e. The van der Waals surface area contributed by atoms with Gasteiger partial charge in [0.2, 0.25) is 0 Å².